The van der Waals surface area contributed by atoms with Gasteiger partial charge in [-0.3, -0.25) is 20.2 Å². The Balaban J connectivity index is 2.39. The summed E-state index contributed by atoms with van der Waals surface area (Å²) in [7, 11) is 0. The maximum absolute atomic E-state index is 12.5. The molecule has 0 fully saturated rings. The van der Waals surface area contributed by atoms with Crippen LogP contribution in [0.15, 0.2) is 18.2 Å². The van der Waals surface area contributed by atoms with Crippen LogP contribution < -0.4 is 5.32 Å². The van der Waals surface area contributed by atoms with Gasteiger partial charge in [-0.15, -0.1) is 5.10 Å². The summed E-state index contributed by atoms with van der Waals surface area (Å²) in [5.74, 6) is -1.30. The Morgan fingerprint density at radius 3 is 2.62 bits per heavy atom. The van der Waals surface area contributed by atoms with E-state index < -0.39 is 33.8 Å². The molecule has 2 rings (SSSR count). The molecule has 0 unspecified atom stereocenters. The number of H-pyrrole nitrogens is 1. The Labute approximate surface area is 113 Å². The number of carbonyl (C=O) groups excluding carboxylic acids is 1. The van der Waals surface area contributed by atoms with Crippen molar-refractivity contribution in [3.05, 3.63) is 39.4 Å². The minimum atomic E-state index is -4.76. The third-order valence-electron chi connectivity index (χ3n) is 2.34. The number of alkyl halides is 3. The molecule has 110 valence electrons. The Hall–Kier alpha value is -3.05. The number of nitro benzene ring substituents is 1. The quantitative estimate of drug-likeness (QED) is 0.651. The van der Waals surface area contributed by atoms with Crippen molar-refractivity contribution in [2.45, 2.75) is 6.18 Å². The highest BCUT2D eigenvalue weighted by molar-refractivity contribution is 6.06. The van der Waals surface area contributed by atoms with Crippen LogP contribution in [0.2, 0.25) is 0 Å². The standard InChI is InChI=1S/C9H5F3N6O3/c10-9(11,12)4-1-2-5(6(3-4)18(20)21)7(19)13-8-14-16-17-15-8/h1-3H,(H2,13,14,15,16,17,19). The fourth-order valence-corrected chi connectivity index (χ4v) is 1.43. The molecule has 0 radical (unpaired) electrons. The van der Waals surface area contributed by atoms with E-state index in [1.165, 1.54) is 0 Å². The third-order valence-corrected chi connectivity index (χ3v) is 2.34. The summed E-state index contributed by atoms with van der Waals surface area (Å²) >= 11 is 0. The summed E-state index contributed by atoms with van der Waals surface area (Å²) in [5.41, 5.74) is -2.77. The number of hydrogen-bond acceptors (Lipinski definition) is 6. The van der Waals surface area contributed by atoms with Crippen molar-refractivity contribution < 1.29 is 22.9 Å². The molecular weight excluding hydrogens is 297 g/mol. The summed E-state index contributed by atoms with van der Waals surface area (Å²) < 4.78 is 37.5. The zero-order valence-corrected chi connectivity index (χ0v) is 9.88. The number of anilines is 1. The predicted molar refractivity (Wildman–Crippen MR) is 60.2 cm³/mol. The van der Waals surface area contributed by atoms with Crippen molar-refractivity contribution in [2.75, 3.05) is 5.32 Å². The average Bonchev–Trinajstić information content (AvgIpc) is 2.89. The van der Waals surface area contributed by atoms with Gasteiger partial charge in [0, 0.05) is 6.07 Å². The highest BCUT2D eigenvalue weighted by Crippen LogP contribution is 2.33. The van der Waals surface area contributed by atoms with Crippen LogP contribution >= 0.6 is 0 Å². The molecule has 0 aliphatic heterocycles. The fraction of sp³-hybridized carbons (Fsp3) is 0.111. The molecule has 0 saturated carbocycles. The van der Waals surface area contributed by atoms with Crippen molar-refractivity contribution >= 4 is 17.5 Å². The third kappa shape index (κ3) is 3.10. The molecule has 0 bridgehead atoms. The Kier molecular flexibility index (Phi) is 3.52. The lowest BCUT2D eigenvalue weighted by Gasteiger charge is -2.08. The number of aromatic amines is 1. The normalized spacial score (nSPS) is 11.2. The minimum Gasteiger partial charge on any atom is -0.288 e. The van der Waals surface area contributed by atoms with Crippen LogP contribution in [-0.2, 0) is 6.18 Å². The van der Waals surface area contributed by atoms with E-state index in [4.69, 9.17) is 0 Å². The number of benzene rings is 1. The highest BCUT2D eigenvalue weighted by atomic mass is 19.4. The minimum absolute atomic E-state index is 0.269. The first kappa shape index (κ1) is 14.4. The summed E-state index contributed by atoms with van der Waals surface area (Å²) in [4.78, 5) is 21.5. The molecule has 0 aliphatic rings. The Morgan fingerprint density at radius 2 is 2.10 bits per heavy atom. The molecule has 2 aromatic rings. The maximum atomic E-state index is 12.5. The van der Waals surface area contributed by atoms with Crippen LogP contribution in [0.3, 0.4) is 0 Å². The highest BCUT2D eigenvalue weighted by Gasteiger charge is 2.34. The molecule has 9 nitrogen and oxygen atoms in total. The molecule has 21 heavy (non-hydrogen) atoms. The van der Waals surface area contributed by atoms with Crippen molar-refractivity contribution in [1.82, 2.24) is 20.6 Å². The average molecular weight is 302 g/mol. The van der Waals surface area contributed by atoms with Gasteiger partial charge in [-0.25, -0.2) is 0 Å². The lowest BCUT2D eigenvalue weighted by atomic mass is 10.1. The van der Waals surface area contributed by atoms with Gasteiger partial charge in [0.25, 0.3) is 17.5 Å². The van der Waals surface area contributed by atoms with E-state index in [2.05, 4.69) is 20.7 Å². The smallest absolute Gasteiger partial charge is 0.288 e. The fourth-order valence-electron chi connectivity index (χ4n) is 1.43. The largest absolute Gasteiger partial charge is 0.416 e. The monoisotopic (exact) mass is 302 g/mol. The summed E-state index contributed by atoms with van der Waals surface area (Å²) in [5, 5.41) is 24.8. The lowest BCUT2D eigenvalue weighted by Crippen LogP contribution is -2.16. The van der Waals surface area contributed by atoms with Gasteiger partial charge in [-0.2, -0.15) is 18.4 Å². The van der Waals surface area contributed by atoms with Crippen LogP contribution in [0, 0.1) is 10.1 Å². The van der Waals surface area contributed by atoms with Gasteiger partial charge in [0.15, 0.2) is 0 Å². The van der Waals surface area contributed by atoms with Gasteiger partial charge in [0.1, 0.15) is 5.56 Å². The number of tetrazole rings is 1. The molecule has 1 aromatic heterocycles. The van der Waals surface area contributed by atoms with Crippen molar-refractivity contribution in [1.29, 1.82) is 0 Å². The number of aromatic nitrogens is 4. The number of amides is 1. The van der Waals surface area contributed by atoms with Crippen LogP contribution in [-0.4, -0.2) is 31.5 Å². The second kappa shape index (κ2) is 5.15. The molecule has 0 saturated heterocycles. The number of rotatable bonds is 3. The molecule has 1 heterocycles. The number of nitro groups is 1. The number of hydrogen-bond donors (Lipinski definition) is 2. The van der Waals surface area contributed by atoms with E-state index in [9.17, 15) is 28.1 Å². The predicted octanol–water partition coefficient (Wildman–Crippen LogP) is 1.38. The van der Waals surface area contributed by atoms with E-state index in [-0.39, 0.29) is 12.0 Å². The van der Waals surface area contributed by atoms with Gasteiger partial charge >= 0.3 is 6.18 Å². The first-order valence-corrected chi connectivity index (χ1v) is 5.19. The van der Waals surface area contributed by atoms with E-state index in [1.807, 2.05) is 5.21 Å². The van der Waals surface area contributed by atoms with E-state index in [0.717, 1.165) is 0 Å². The first-order valence-electron chi connectivity index (χ1n) is 5.19. The Bertz CT molecular complexity index is 685. The molecule has 2 N–H and O–H groups in total. The van der Waals surface area contributed by atoms with Gasteiger partial charge in [0.05, 0.1) is 10.5 Å². The SMILES string of the molecule is O=C(Nc1nn[nH]n1)c1ccc(C(F)(F)F)cc1[N+](=O)[O-]. The van der Waals surface area contributed by atoms with Crippen LogP contribution in [0.5, 0.6) is 0 Å². The zero-order chi connectivity index (χ0) is 15.6. The number of nitrogens with one attached hydrogen (secondary N) is 2. The van der Waals surface area contributed by atoms with Crippen molar-refractivity contribution in [2.24, 2.45) is 0 Å². The molecule has 1 aromatic carbocycles. The number of halogens is 3. The second-order valence-electron chi connectivity index (χ2n) is 3.68. The number of carbonyl (C=O) groups is 1. The van der Waals surface area contributed by atoms with E-state index in [0.29, 0.717) is 12.1 Å². The zero-order valence-electron chi connectivity index (χ0n) is 9.88. The van der Waals surface area contributed by atoms with Gasteiger partial charge in [-0.05, 0) is 17.3 Å². The van der Waals surface area contributed by atoms with Gasteiger partial charge in [0.2, 0.25) is 0 Å². The van der Waals surface area contributed by atoms with Crippen LogP contribution in [0.1, 0.15) is 15.9 Å². The topological polar surface area (TPSA) is 127 Å². The van der Waals surface area contributed by atoms with Crippen molar-refractivity contribution in [3.63, 3.8) is 0 Å². The molecule has 0 aliphatic carbocycles. The lowest BCUT2D eigenvalue weighted by molar-refractivity contribution is -0.385. The summed E-state index contributed by atoms with van der Waals surface area (Å²) in [6.45, 7) is 0. The summed E-state index contributed by atoms with van der Waals surface area (Å²) in [6, 6.07) is 1.56. The molecule has 0 atom stereocenters. The van der Waals surface area contributed by atoms with E-state index >= 15 is 0 Å². The van der Waals surface area contributed by atoms with Gasteiger partial charge < -0.3 is 0 Å². The van der Waals surface area contributed by atoms with Crippen LogP contribution in [0.4, 0.5) is 24.8 Å². The Morgan fingerprint density at radius 1 is 1.38 bits per heavy atom. The molecule has 0 spiro atoms. The molecule has 1 amide bonds. The van der Waals surface area contributed by atoms with E-state index in [1.54, 1.807) is 0 Å². The molecular formula is C9H5F3N6O3. The second-order valence-corrected chi connectivity index (χ2v) is 3.68. The number of nitrogens with zero attached hydrogens (tertiary/aromatic N) is 4. The summed E-state index contributed by atoms with van der Waals surface area (Å²) in [6.07, 6.45) is -4.76. The maximum Gasteiger partial charge on any atom is 0.416 e. The van der Waals surface area contributed by atoms with Gasteiger partial charge in [-0.1, -0.05) is 5.10 Å². The molecule has 12 heteroatoms. The first-order chi connectivity index (χ1) is 9.79. The van der Waals surface area contributed by atoms with Crippen LogP contribution in [0.25, 0.3) is 0 Å². The van der Waals surface area contributed by atoms with Crippen molar-refractivity contribution in [3.8, 4) is 0 Å².